The first kappa shape index (κ1) is 17.1. The van der Waals surface area contributed by atoms with Gasteiger partial charge < -0.3 is 14.8 Å². The molecule has 1 aromatic carbocycles. The zero-order valence-corrected chi connectivity index (χ0v) is 12.9. The predicted molar refractivity (Wildman–Crippen MR) is 78.0 cm³/mol. The summed E-state index contributed by atoms with van der Waals surface area (Å²) in [5, 5.41) is 3.31. The van der Waals surface area contributed by atoms with Crippen molar-refractivity contribution in [3.63, 3.8) is 0 Å². The predicted octanol–water partition coefficient (Wildman–Crippen LogP) is 3.93. The number of ether oxygens (including phenoxy) is 2. The van der Waals surface area contributed by atoms with Crippen molar-refractivity contribution in [1.82, 2.24) is 5.32 Å². The van der Waals surface area contributed by atoms with Gasteiger partial charge in [0.25, 0.3) is 0 Å². The summed E-state index contributed by atoms with van der Waals surface area (Å²) in [5.74, 6) is 0.255. The van der Waals surface area contributed by atoms with E-state index in [9.17, 15) is 13.2 Å². The van der Waals surface area contributed by atoms with Gasteiger partial charge in [-0.1, -0.05) is 0 Å². The van der Waals surface area contributed by atoms with E-state index in [-0.39, 0.29) is 11.8 Å². The van der Waals surface area contributed by atoms with E-state index in [0.29, 0.717) is 31.2 Å². The Labute approximate surface area is 128 Å². The zero-order chi connectivity index (χ0) is 16.2. The minimum Gasteiger partial charge on any atom is -0.493 e. The number of methoxy groups -OCH3 is 1. The molecule has 0 radical (unpaired) electrons. The monoisotopic (exact) mass is 317 g/mol. The van der Waals surface area contributed by atoms with Crippen molar-refractivity contribution >= 4 is 0 Å². The normalized spacial score (nSPS) is 16.6. The molecular formula is C16H22F3NO2. The van der Waals surface area contributed by atoms with Gasteiger partial charge in [0, 0.05) is 32.2 Å². The van der Waals surface area contributed by atoms with Crippen LogP contribution in [0, 0.1) is 0 Å². The van der Waals surface area contributed by atoms with E-state index in [2.05, 4.69) is 5.32 Å². The van der Waals surface area contributed by atoms with Crippen molar-refractivity contribution in [1.29, 1.82) is 0 Å². The lowest BCUT2D eigenvalue weighted by Gasteiger charge is -2.18. The largest absolute Gasteiger partial charge is 0.493 e. The standard InChI is InChI=1S/C16H22F3NO2/c1-11(20-14-4-5-14)12-8-13(16(17,18)19)10-15(9-12)22-7-3-6-21-2/h8-11,14,20H,3-7H2,1-2H3. The number of hydrogen-bond acceptors (Lipinski definition) is 3. The van der Waals surface area contributed by atoms with Gasteiger partial charge in [-0.15, -0.1) is 0 Å². The molecule has 0 spiro atoms. The molecule has 22 heavy (non-hydrogen) atoms. The molecular weight excluding hydrogens is 295 g/mol. The van der Waals surface area contributed by atoms with Gasteiger partial charge in [-0.2, -0.15) is 13.2 Å². The number of hydrogen-bond donors (Lipinski definition) is 1. The quantitative estimate of drug-likeness (QED) is 0.737. The lowest BCUT2D eigenvalue weighted by molar-refractivity contribution is -0.137. The second kappa shape index (κ2) is 7.33. The zero-order valence-electron chi connectivity index (χ0n) is 12.9. The minimum atomic E-state index is -4.38. The van der Waals surface area contributed by atoms with Gasteiger partial charge in [-0.3, -0.25) is 0 Å². The first-order valence-corrected chi connectivity index (χ1v) is 7.50. The van der Waals surface area contributed by atoms with Gasteiger partial charge in [0.2, 0.25) is 0 Å². The van der Waals surface area contributed by atoms with Gasteiger partial charge in [-0.25, -0.2) is 0 Å². The Morgan fingerprint density at radius 1 is 1.23 bits per heavy atom. The first-order valence-electron chi connectivity index (χ1n) is 7.50. The van der Waals surface area contributed by atoms with E-state index >= 15 is 0 Å². The van der Waals surface area contributed by atoms with E-state index in [1.54, 1.807) is 13.2 Å². The molecule has 1 saturated carbocycles. The van der Waals surface area contributed by atoms with Crippen LogP contribution < -0.4 is 10.1 Å². The Kier molecular flexibility index (Phi) is 5.69. The van der Waals surface area contributed by atoms with Crippen LogP contribution in [0.3, 0.4) is 0 Å². The van der Waals surface area contributed by atoms with E-state index in [0.717, 1.165) is 18.9 Å². The van der Waals surface area contributed by atoms with Gasteiger partial charge >= 0.3 is 6.18 Å². The fourth-order valence-corrected chi connectivity index (χ4v) is 2.21. The molecule has 124 valence electrons. The molecule has 0 heterocycles. The molecule has 1 N–H and O–H groups in total. The summed E-state index contributed by atoms with van der Waals surface area (Å²) in [5.41, 5.74) is -0.0698. The number of nitrogens with one attached hydrogen (secondary N) is 1. The Balaban J connectivity index is 2.12. The van der Waals surface area contributed by atoms with Crippen molar-refractivity contribution in [2.45, 2.75) is 44.4 Å². The van der Waals surface area contributed by atoms with Crippen LogP contribution in [0.15, 0.2) is 18.2 Å². The van der Waals surface area contributed by atoms with Crippen LogP contribution in [0.1, 0.15) is 43.4 Å². The number of benzene rings is 1. The lowest BCUT2D eigenvalue weighted by Crippen LogP contribution is -2.21. The molecule has 1 fully saturated rings. The fourth-order valence-electron chi connectivity index (χ4n) is 2.21. The van der Waals surface area contributed by atoms with Crippen molar-refractivity contribution in [3.05, 3.63) is 29.3 Å². The summed E-state index contributed by atoms with van der Waals surface area (Å²) in [6.07, 6.45) is -1.56. The maximum atomic E-state index is 13.0. The highest BCUT2D eigenvalue weighted by Gasteiger charge is 2.32. The maximum Gasteiger partial charge on any atom is 0.416 e. The average Bonchev–Trinajstić information content (AvgIpc) is 3.26. The number of halogens is 3. The minimum absolute atomic E-state index is 0.129. The summed E-state index contributed by atoms with van der Waals surface area (Å²) < 4.78 is 49.4. The molecule has 0 amide bonds. The smallest absolute Gasteiger partial charge is 0.416 e. The second-order valence-electron chi connectivity index (χ2n) is 5.65. The molecule has 6 heteroatoms. The summed E-state index contributed by atoms with van der Waals surface area (Å²) in [6.45, 7) is 2.73. The van der Waals surface area contributed by atoms with Crippen LogP contribution in [0.25, 0.3) is 0 Å². The van der Waals surface area contributed by atoms with E-state index in [1.807, 2.05) is 6.92 Å². The highest BCUT2D eigenvalue weighted by atomic mass is 19.4. The van der Waals surface area contributed by atoms with E-state index in [4.69, 9.17) is 9.47 Å². The molecule has 1 atom stereocenters. The Hall–Kier alpha value is -1.27. The summed E-state index contributed by atoms with van der Waals surface area (Å²) >= 11 is 0. The van der Waals surface area contributed by atoms with E-state index < -0.39 is 11.7 Å². The number of rotatable bonds is 8. The molecule has 3 nitrogen and oxygen atoms in total. The summed E-state index contributed by atoms with van der Waals surface area (Å²) in [4.78, 5) is 0. The first-order chi connectivity index (χ1) is 10.4. The summed E-state index contributed by atoms with van der Waals surface area (Å²) in [7, 11) is 1.58. The van der Waals surface area contributed by atoms with Gasteiger partial charge in [0.1, 0.15) is 5.75 Å². The maximum absolute atomic E-state index is 13.0. The fraction of sp³-hybridized carbons (Fsp3) is 0.625. The van der Waals surface area contributed by atoms with Crippen LogP contribution in [-0.2, 0) is 10.9 Å². The van der Waals surface area contributed by atoms with Gasteiger partial charge in [0.05, 0.1) is 12.2 Å². The van der Waals surface area contributed by atoms with Crippen molar-refractivity contribution in [2.75, 3.05) is 20.3 Å². The van der Waals surface area contributed by atoms with Crippen LogP contribution in [0.5, 0.6) is 5.75 Å². The topological polar surface area (TPSA) is 30.5 Å². The molecule has 2 rings (SSSR count). The SMILES string of the molecule is COCCCOc1cc(C(C)NC2CC2)cc(C(F)(F)F)c1. The Bertz CT molecular complexity index is 487. The van der Waals surface area contributed by atoms with Gasteiger partial charge in [0.15, 0.2) is 0 Å². The second-order valence-corrected chi connectivity index (χ2v) is 5.65. The van der Waals surface area contributed by atoms with Crippen molar-refractivity contribution < 1.29 is 22.6 Å². The van der Waals surface area contributed by atoms with E-state index in [1.165, 1.54) is 6.07 Å². The molecule has 0 bridgehead atoms. The Morgan fingerprint density at radius 2 is 1.95 bits per heavy atom. The highest BCUT2D eigenvalue weighted by Crippen LogP contribution is 2.35. The molecule has 1 aliphatic carbocycles. The highest BCUT2D eigenvalue weighted by molar-refractivity contribution is 5.37. The van der Waals surface area contributed by atoms with Crippen LogP contribution in [-0.4, -0.2) is 26.4 Å². The third-order valence-electron chi connectivity index (χ3n) is 3.58. The molecule has 0 aromatic heterocycles. The van der Waals surface area contributed by atoms with Crippen LogP contribution in [0.2, 0.25) is 0 Å². The number of alkyl halides is 3. The molecule has 1 aromatic rings. The molecule has 0 saturated heterocycles. The van der Waals surface area contributed by atoms with Crippen LogP contribution >= 0.6 is 0 Å². The molecule has 0 aliphatic heterocycles. The van der Waals surface area contributed by atoms with Gasteiger partial charge in [-0.05, 0) is 43.5 Å². The van der Waals surface area contributed by atoms with Crippen molar-refractivity contribution in [2.24, 2.45) is 0 Å². The van der Waals surface area contributed by atoms with Crippen molar-refractivity contribution in [3.8, 4) is 5.75 Å². The lowest BCUT2D eigenvalue weighted by atomic mass is 10.0. The molecule has 1 unspecified atom stereocenters. The Morgan fingerprint density at radius 3 is 2.55 bits per heavy atom. The van der Waals surface area contributed by atoms with Crippen LogP contribution in [0.4, 0.5) is 13.2 Å². The third kappa shape index (κ3) is 5.18. The summed E-state index contributed by atoms with van der Waals surface area (Å²) in [6, 6.07) is 4.23. The third-order valence-corrected chi connectivity index (χ3v) is 3.58. The molecule has 1 aliphatic rings. The average molecular weight is 317 g/mol.